The zero-order valence-corrected chi connectivity index (χ0v) is 11.9. The number of nitrogens with two attached hydrogens (primary N) is 1. The van der Waals surface area contributed by atoms with Crippen molar-refractivity contribution in [2.45, 2.75) is 37.7 Å². The summed E-state index contributed by atoms with van der Waals surface area (Å²) >= 11 is 6.05. The summed E-state index contributed by atoms with van der Waals surface area (Å²) < 4.78 is 0. The first-order valence-electron chi connectivity index (χ1n) is 7.32. The predicted molar refractivity (Wildman–Crippen MR) is 78.2 cm³/mol. The van der Waals surface area contributed by atoms with E-state index in [1.54, 1.807) is 0 Å². The van der Waals surface area contributed by atoms with E-state index in [-0.39, 0.29) is 12.0 Å². The van der Waals surface area contributed by atoms with Crippen molar-refractivity contribution < 1.29 is 5.11 Å². The van der Waals surface area contributed by atoms with Gasteiger partial charge in [-0.15, -0.1) is 0 Å². The maximum Gasteiger partial charge on any atom is 0.0651 e. The summed E-state index contributed by atoms with van der Waals surface area (Å²) in [5, 5.41) is 11.5. The molecule has 1 aromatic rings. The number of hydrogen-bond acceptors (Lipinski definition) is 2. The number of fused-ring (bicyclic) bond motifs is 2. The van der Waals surface area contributed by atoms with Crippen LogP contribution in [0.1, 0.15) is 37.2 Å². The quantitative estimate of drug-likeness (QED) is 0.889. The van der Waals surface area contributed by atoms with Crippen LogP contribution in [0.15, 0.2) is 24.3 Å². The van der Waals surface area contributed by atoms with E-state index < -0.39 is 0 Å². The molecule has 3 rings (SSSR count). The van der Waals surface area contributed by atoms with Crippen LogP contribution < -0.4 is 5.73 Å². The SMILES string of the molecule is NCC(c1cccc(Cl)c1)C(O)C1CC2CCC1C2. The molecule has 0 aliphatic heterocycles. The first-order valence-corrected chi connectivity index (χ1v) is 7.70. The average molecular weight is 280 g/mol. The van der Waals surface area contributed by atoms with E-state index in [2.05, 4.69) is 0 Å². The van der Waals surface area contributed by atoms with E-state index in [4.69, 9.17) is 17.3 Å². The standard InChI is InChI=1S/C16H22ClNO/c17-13-3-1-2-11(8-13)15(9-18)16(19)14-7-10-4-5-12(14)6-10/h1-3,8,10,12,14-16,19H,4-7,9,18H2. The highest BCUT2D eigenvalue weighted by molar-refractivity contribution is 6.30. The lowest BCUT2D eigenvalue weighted by Gasteiger charge is -2.32. The van der Waals surface area contributed by atoms with Crippen LogP contribution in [0.25, 0.3) is 0 Å². The minimum atomic E-state index is -0.321. The second kappa shape index (κ2) is 5.43. The van der Waals surface area contributed by atoms with Crippen molar-refractivity contribution in [3.8, 4) is 0 Å². The summed E-state index contributed by atoms with van der Waals surface area (Å²) in [7, 11) is 0. The lowest BCUT2D eigenvalue weighted by Crippen LogP contribution is -2.35. The molecule has 0 spiro atoms. The first kappa shape index (κ1) is 13.4. The average Bonchev–Trinajstić information content (AvgIpc) is 3.02. The van der Waals surface area contributed by atoms with Crippen LogP contribution in [0.4, 0.5) is 0 Å². The zero-order valence-electron chi connectivity index (χ0n) is 11.1. The van der Waals surface area contributed by atoms with Gasteiger partial charge < -0.3 is 10.8 Å². The highest BCUT2D eigenvalue weighted by Crippen LogP contribution is 2.51. The topological polar surface area (TPSA) is 46.2 Å². The van der Waals surface area contributed by atoms with E-state index in [0.717, 1.165) is 16.5 Å². The fourth-order valence-corrected chi connectivity index (χ4v) is 4.42. The highest BCUT2D eigenvalue weighted by Gasteiger charge is 2.44. The van der Waals surface area contributed by atoms with Gasteiger partial charge in [-0.2, -0.15) is 0 Å². The van der Waals surface area contributed by atoms with Crippen LogP contribution in [-0.4, -0.2) is 17.8 Å². The number of aliphatic hydroxyl groups is 1. The van der Waals surface area contributed by atoms with Crippen LogP contribution in [-0.2, 0) is 0 Å². The van der Waals surface area contributed by atoms with Crippen LogP contribution in [0.2, 0.25) is 5.02 Å². The third-order valence-corrected chi connectivity index (χ3v) is 5.41. The van der Waals surface area contributed by atoms with Gasteiger partial charge in [0, 0.05) is 17.5 Å². The van der Waals surface area contributed by atoms with E-state index in [1.165, 1.54) is 25.7 Å². The molecule has 2 fully saturated rings. The van der Waals surface area contributed by atoms with E-state index >= 15 is 0 Å². The first-order chi connectivity index (χ1) is 9.19. The van der Waals surface area contributed by atoms with Gasteiger partial charge in [0.1, 0.15) is 0 Å². The molecule has 2 aliphatic carbocycles. The van der Waals surface area contributed by atoms with Gasteiger partial charge in [0.2, 0.25) is 0 Å². The van der Waals surface area contributed by atoms with Gasteiger partial charge in [0.15, 0.2) is 0 Å². The molecule has 5 atom stereocenters. The number of aliphatic hydroxyl groups excluding tert-OH is 1. The van der Waals surface area contributed by atoms with Crippen LogP contribution in [0.5, 0.6) is 0 Å². The summed E-state index contributed by atoms with van der Waals surface area (Å²) in [5.41, 5.74) is 6.99. The Hall–Kier alpha value is -0.570. The van der Waals surface area contributed by atoms with Gasteiger partial charge in [-0.1, -0.05) is 30.2 Å². The molecule has 0 aromatic heterocycles. The fourth-order valence-electron chi connectivity index (χ4n) is 4.22. The Morgan fingerprint density at radius 2 is 2.16 bits per heavy atom. The Kier molecular flexibility index (Phi) is 3.84. The van der Waals surface area contributed by atoms with Gasteiger partial charge in [0.25, 0.3) is 0 Å². The molecule has 3 heteroatoms. The van der Waals surface area contributed by atoms with Crippen molar-refractivity contribution in [2.24, 2.45) is 23.5 Å². The molecule has 0 radical (unpaired) electrons. The summed E-state index contributed by atoms with van der Waals surface area (Å²) in [6, 6.07) is 7.77. The predicted octanol–water partition coefficient (Wildman–Crippen LogP) is 3.18. The van der Waals surface area contributed by atoms with Gasteiger partial charge in [0.05, 0.1) is 6.10 Å². The third-order valence-electron chi connectivity index (χ3n) is 5.17. The summed E-state index contributed by atoms with van der Waals surface area (Å²) in [6.45, 7) is 0.482. The summed E-state index contributed by atoms with van der Waals surface area (Å²) in [4.78, 5) is 0. The molecule has 19 heavy (non-hydrogen) atoms. The molecule has 2 aliphatic rings. The second-order valence-electron chi connectivity index (χ2n) is 6.23. The molecule has 104 valence electrons. The molecular weight excluding hydrogens is 258 g/mol. The van der Waals surface area contributed by atoms with Crippen molar-refractivity contribution in [1.29, 1.82) is 0 Å². The van der Waals surface area contributed by atoms with Crippen molar-refractivity contribution in [3.63, 3.8) is 0 Å². The van der Waals surface area contributed by atoms with Gasteiger partial charge in [-0.25, -0.2) is 0 Å². The van der Waals surface area contributed by atoms with Crippen LogP contribution in [0.3, 0.4) is 0 Å². The van der Waals surface area contributed by atoms with Crippen LogP contribution >= 0.6 is 11.6 Å². The zero-order chi connectivity index (χ0) is 13.4. The smallest absolute Gasteiger partial charge is 0.0651 e. The maximum absolute atomic E-state index is 10.8. The number of benzene rings is 1. The molecule has 0 saturated heterocycles. The Morgan fingerprint density at radius 3 is 2.74 bits per heavy atom. The summed E-state index contributed by atoms with van der Waals surface area (Å²) in [5.74, 6) is 2.02. The van der Waals surface area contributed by atoms with Gasteiger partial charge in [-0.3, -0.25) is 0 Å². The molecular formula is C16H22ClNO. The van der Waals surface area contributed by atoms with Crippen molar-refractivity contribution in [3.05, 3.63) is 34.9 Å². The molecule has 0 amide bonds. The molecule has 2 nitrogen and oxygen atoms in total. The Labute approximate surface area is 120 Å². The highest BCUT2D eigenvalue weighted by atomic mass is 35.5. The molecule has 0 heterocycles. The Balaban J connectivity index is 1.78. The minimum absolute atomic E-state index is 0.0167. The Morgan fingerprint density at radius 1 is 1.32 bits per heavy atom. The van der Waals surface area contributed by atoms with E-state index in [0.29, 0.717) is 18.4 Å². The number of rotatable bonds is 4. The minimum Gasteiger partial charge on any atom is -0.392 e. The lowest BCUT2D eigenvalue weighted by atomic mass is 9.77. The van der Waals surface area contributed by atoms with Crippen molar-refractivity contribution in [2.75, 3.05) is 6.54 Å². The molecule has 3 N–H and O–H groups in total. The Bertz CT molecular complexity index is 450. The number of halogens is 1. The van der Waals surface area contributed by atoms with Crippen molar-refractivity contribution in [1.82, 2.24) is 0 Å². The summed E-state index contributed by atoms with van der Waals surface area (Å²) in [6.07, 6.45) is 4.83. The van der Waals surface area contributed by atoms with Gasteiger partial charge in [-0.05, 0) is 54.7 Å². The fraction of sp³-hybridized carbons (Fsp3) is 0.625. The second-order valence-corrected chi connectivity index (χ2v) is 6.66. The van der Waals surface area contributed by atoms with E-state index in [1.807, 2.05) is 24.3 Å². The monoisotopic (exact) mass is 279 g/mol. The maximum atomic E-state index is 10.8. The van der Waals surface area contributed by atoms with E-state index in [9.17, 15) is 5.11 Å². The molecule has 1 aromatic carbocycles. The molecule has 2 saturated carbocycles. The largest absolute Gasteiger partial charge is 0.392 e. The molecule has 2 bridgehead atoms. The van der Waals surface area contributed by atoms with Gasteiger partial charge >= 0.3 is 0 Å². The van der Waals surface area contributed by atoms with Crippen molar-refractivity contribution >= 4 is 11.6 Å². The molecule has 5 unspecified atom stereocenters. The van der Waals surface area contributed by atoms with Crippen LogP contribution in [0, 0.1) is 17.8 Å². The lowest BCUT2D eigenvalue weighted by molar-refractivity contribution is 0.0532. The normalized spacial score (nSPS) is 32.5. The third kappa shape index (κ3) is 2.54. The number of hydrogen-bond donors (Lipinski definition) is 2.